The van der Waals surface area contributed by atoms with E-state index in [9.17, 15) is 14.0 Å². The largest absolute Gasteiger partial charge is 0.354 e. The van der Waals surface area contributed by atoms with Crippen LogP contribution in [-0.4, -0.2) is 46.3 Å². The molecule has 8 heteroatoms. The Kier molecular flexibility index (Phi) is 4.97. The summed E-state index contributed by atoms with van der Waals surface area (Å²) in [5, 5.41) is 10.00. The van der Waals surface area contributed by atoms with Crippen LogP contribution in [0.3, 0.4) is 0 Å². The van der Waals surface area contributed by atoms with Crippen LogP contribution in [0, 0.1) is 12.7 Å². The molecule has 7 nitrogen and oxygen atoms in total. The molecule has 1 aliphatic rings. The van der Waals surface area contributed by atoms with E-state index in [1.807, 2.05) is 13.1 Å². The third kappa shape index (κ3) is 4.14. The molecule has 132 valence electrons. The third-order valence-corrected chi connectivity index (χ3v) is 4.12. The Labute approximate surface area is 144 Å². The number of aryl methyl sites for hydroxylation is 1. The molecule has 1 aromatic carbocycles. The molecule has 0 spiro atoms. The summed E-state index contributed by atoms with van der Waals surface area (Å²) in [7, 11) is 0. The first kappa shape index (κ1) is 16.9. The number of halogens is 1. The predicted octanol–water partition coefficient (Wildman–Crippen LogP) is 1.35. The highest BCUT2D eigenvalue weighted by molar-refractivity contribution is 5.79. The van der Waals surface area contributed by atoms with Crippen molar-refractivity contribution in [1.29, 1.82) is 0 Å². The first-order chi connectivity index (χ1) is 12.0. The lowest BCUT2D eigenvalue weighted by Crippen LogP contribution is -2.41. The van der Waals surface area contributed by atoms with Crippen molar-refractivity contribution in [1.82, 2.24) is 25.3 Å². The lowest BCUT2D eigenvalue weighted by Gasteiger charge is -2.19. The Morgan fingerprint density at radius 2 is 2.08 bits per heavy atom. The van der Waals surface area contributed by atoms with E-state index >= 15 is 0 Å². The van der Waals surface area contributed by atoms with E-state index in [0.29, 0.717) is 32.6 Å². The van der Waals surface area contributed by atoms with E-state index < -0.39 is 0 Å². The number of amides is 3. The zero-order valence-corrected chi connectivity index (χ0v) is 14.0. The summed E-state index contributed by atoms with van der Waals surface area (Å²) in [5.41, 5.74) is 2.42. The fourth-order valence-corrected chi connectivity index (χ4v) is 2.65. The average molecular weight is 345 g/mol. The van der Waals surface area contributed by atoms with Crippen molar-refractivity contribution in [2.45, 2.75) is 19.9 Å². The van der Waals surface area contributed by atoms with Crippen LogP contribution in [0.15, 0.2) is 30.5 Å². The maximum absolute atomic E-state index is 13.0. The number of nitrogens with one attached hydrogen (secondary N) is 2. The van der Waals surface area contributed by atoms with Crippen molar-refractivity contribution in [3.8, 4) is 5.69 Å². The van der Waals surface area contributed by atoms with Gasteiger partial charge in [0, 0.05) is 44.4 Å². The lowest BCUT2D eigenvalue weighted by atomic mass is 10.2. The molecule has 3 amide bonds. The number of hydrogen-bond donors (Lipinski definition) is 2. The van der Waals surface area contributed by atoms with Crippen LogP contribution < -0.4 is 10.6 Å². The topological polar surface area (TPSA) is 79.3 Å². The van der Waals surface area contributed by atoms with Crippen molar-refractivity contribution in [3.05, 3.63) is 47.5 Å². The van der Waals surface area contributed by atoms with Crippen LogP contribution in [0.5, 0.6) is 0 Å². The first-order valence-electron chi connectivity index (χ1n) is 8.13. The fourth-order valence-electron chi connectivity index (χ4n) is 2.65. The lowest BCUT2D eigenvalue weighted by molar-refractivity contribution is -0.120. The highest BCUT2D eigenvalue weighted by Crippen LogP contribution is 2.13. The van der Waals surface area contributed by atoms with Gasteiger partial charge in [0.2, 0.25) is 5.91 Å². The van der Waals surface area contributed by atoms with Crippen LogP contribution in [0.2, 0.25) is 0 Å². The number of benzene rings is 1. The minimum absolute atomic E-state index is 0.0354. The second-order valence-corrected chi connectivity index (χ2v) is 5.91. The van der Waals surface area contributed by atoms with Gasteiger partial charge in [-0.3, -0.25) is 4.79 Å². The van der Waals surface area contributed by atoms with Gasteiger partial charge in [0.1, 0.15) is 5.82 Å². The van der Waals surface area contributed by atoms with Crippen LogP contribution in [-0.2, 0) is 11.3 Å². The van der Waals surface area contributed by atoms with Crippen molar-refractivity contribution >= 4 is 11.9 Å². The number of rotatable bonds is 3. The van der Waals surface area contributed by atoms with Gasteiger partial charge in [-0.25, -0.2) is 13.9 Å². The highest BCUT2D eigenvalue weighted by Gasteiger charge is 2.18. The van der Waals surface area contributed by atoms with Crippen molar-refractivity contribution in [2.24, 2.45) is 0 Å². The predicted molar refractivity (Wildman–Crippen MR) is 89.7 cm³/mol. The van der Waals surface area contributed by atoms with Crippen LogP contribution in [0.25, 0.3) is 5.69 Å². The summed E-state index contributed by atoms with van der Waals surface area (Å²) in [6.45, 7) is 3.56. The zero-order valence-electron chi connectivity index (χ0n) is 14.0. The van der Waals surface area contributed by atoms with Crippen LogP contribution in [0.4, 0.5) is 9.18 Å². The van der Waals surface area contributed by atoms with E-state index in [0.717, 1.165) is 16.9 Å². The van der Waals surface area contributed by atoms with E-state index in [4.69, 9.17) is 0 Å². The maximum Gasteiger partial charge on any atom is 0.317 e. The number of urea groups is 1. The molecule has 0 bridgehead atoms. The number of carbonyl (C=O) groups excluding carboxylic acids is 2. The van der Waals surface area contributed by atoms with Gasteiger partial charge in [0.25, 0.3) is 0 Å². The molecule has 1 fully saturated rings. The molecule has 25 heavy (non-hydrogen) atoms. The second kappa shape index (κ2) is 7.33. The van der Waals surface area contributed by atoms with Gasteiger partial charge in [-0.2, -0.15) is 5.10 Å². The molecule has 1 aliphatic heterocycles. The summed E-state index contributed by atoms with van der Waals surface area (Å²) >= 11 is 0. The standard InChI is InChI=1S/C17H20FN5O2/c1-12-13(11-23(21-12)15-4-2-14(18)3-5-15)10-20-17(25)22-8-6-16(24)19-7-9-22/h2-5,11H,6-10H2,1H3,(H,19,24)(H,20,25). The third-order valence-electron chi connectivity index (χ3n) is 4.12. The molecule has 1 saturated heterocycles. The molecule has 0 atom stereocenters. The number of nitrogens with zero attached hydrogens (tertiary/aromatic N) is 3. The molecular weight excluding hydrogens is 325 g/mol. The van der Waals surface area contributed by atoms with Crippen molar-refractivity contribution in [2.75, 3.05) is 19.6 Å². The summed E-state index contributed by atoms with van der Waals surface area (Å²) in [6, 6.07) is 5.84. The molecular formula is C17H20FN5O2. The molecule has 2 aromatic rings. The monoisotopic (exact) mass is 345 g/mol. The van der Waals surface area contributed by atoms with Gasteiger partial charge in [0.05, 0.1) is 11.4 Å². The average Bonchev–Trinajstić information content (AvgIpc) is 2.82. The quantitative estimate of drug-likeness (QED) is 0.881. The van der Waals surface area contributed by atoms with Gasteiger partial charge in [-0.1, -0.05) is 0 Å². The molecule has 3 rings (SSSR count). The van der Waals surface area contributed by atoms with Gasteiger partial charge in [-0.15, -0.1) is 0 Å². The van der Waals surface area contributed by atoms with Gasteiger partial charge in [0.15, 0.2) is 0 Å². The van der Waals surface area contributed by atoms with Crippen molar-refractivity contribution in [3.63, 3.8) is 0 Å². The zero-order chi connectivity index (χ0) is 17.8. The second-order valence-electron chi connectivity index (χ2n) is 5.91. The molecule has 2 heterocycles. The Bertz CT molecular complexity index is 772. The van der Waals surface area contributed by atoms with Crippen LogP contribution >= 0.6 is 0 Å². The van der Waals surface area contributed by atoms with E-state index in [1.54, 1.807) is 21.7 Å². The number of carbonyl (C=O) groups is 2. The Hall–Kier alpha value is -2.90. The molecule has 0 radical (unpaired) electrons. The molecule has 0 unspecified atom stereocenters. The van der Waals surface area contributed by atoms with Gasteiger partial charge >= 0.3 is 6.03 Å². The minimum Gasteiger partial charge on any atom is -0.354 e. The van der Waals surface area contributed by atoms with E-state index in [1.165, 1.54) is 12.1 Å². The number of aromatic nitrogens is 2. The molecule has 0 saturated carbocycles. The fraction of sp³-hybridized carbons (Fsp3) is 0.353. The molecule has 2 N–H and O–H groups in total. The summed E-state index contributed by atoms with van der Waals surface area (Å²) in [4.78, 5) is 25.2. The van der Waals surface area contributed by atoms with Gasteiger partial charge < -0.3 is 15.5 Å². The van der Waals surface area contributed by atoms with Crippen molar-refractivity contribution < 1.29 is 14.0 Å². The number of hydrogen-bond acceptors (Lipinski definition) is 3. The summed E-state index contributed by atoms with van der Waals surface area (Å²) in [5.74, 6) is -0.336. The minimum atomic E-state index is -0.300. The SMILES string of the molecule is Cc1nn(-c2ccc(F)cc2)cc1CNC(=O)N1CCNC(=O)CC1. The Morgan fingerprint density at radius 1 is 1.32 bits per heavy atom. The normalized spacial score (nSPS) is 14.8. The first-order valence-corrected chi connectivity index (χ1v) is 8.13. The summed E-state index contributed by atoms with van der Waals surface area (Å²) < 4.78 is 14.7. The highest BCUT2D eigenvalue weighted by atomic mass is 19.1. The summed E-state index contributed by atoms with van der Waals surface area (Å²) in [6.07, 6.45) is 2.13. The Balaban J connectivity index is 1.62. The molecule has 1 aromatic heterocycles. The maximum atomic E-state index is 13.0. The Morgan fingerprint density at radius 3 is 2.84 bits per heavy atom. The smallest absolute Gasteiger partial charge is 0.317 e. The van der Waals surface area contributed by atoms with E-state index in [-0.39, 0.29) is 17.8 Å². The van der Waals surface area contributed by atoms with Gasteiger partial charge in [-0.05, 0) is 31.2 Å². The molecule has 0 aliphatic carbocycles. The van der Waals surface area contributed by atoms with Crippen LogP contribution in [0.1, 0.15) is 17.7 Å². The van der Waals surface area contributed by atoms with E-state index in [2.05, 4.69) is 15.7 Å².